The molecule has 0 aliphatic rings. The lowest BCUT2D eigenvalue weighted by Crippen LogP contribution is -2.43. The smallest absolute Gasteiger partial charge is 0.407 e. The molecule has 2 N–H and O–H groups in total. The van der Waals surface area contributed by atoms with E-state index in [0.717, 1.165) is 10.9 Å². The second kappa shape index (κ2) is 8.53. The van der Waals surface area contributed by atoms with E-state index >= 15 is 0 Å². The normalized spacial score (nSPS) is 14.3. The Morgan fingerprint density at radius 3 is 2.59 bits per heavy atom. The van der Waals surface area contributed by atoms with E-state index in [9.17, 15) is 4.79 Å². The Morgan fingerprint density at radius 2 is 2.05 bits per heavy atom. The highest BCUT2D eigenvalue weighted by molar-refractivity contribution is 9.10. The molecular weight excluding hydrogens is 344 g/mol. The number of benzene rings is 1. The van der Waals surface area contributed by atoms with Gasteiger partial charge in [0, 0.05) is 23.1 Å². The third-order valence-corrected chi connectivity index (χ3v) is 3.71. The number of carbonyl (C=O) groups is 1. The Bertz CT molecular complexity index is 486. The number of alkyl carbamates (subject to hydrolysis) is 1. The minimum Gasteiger partial charge on any atom is -0.444 e. The number of hydrogen-bond donors (Lipinski definition) is 2. The van der Waals surface area contributed by atoms with Crippen molar-refractivity contribution in [3.05, 3.63) is 34.3 Å². The van der Waals surface area contributed by atoms with Crippen molar-refractivity contribution in [2.75, 3.05) is 6.54 Å². The maximum Gasteiger partial charge on any atom is 0.407 e. The fourth-order valence-corrected chi connectivity index (χ4v) is 2.48. The predicted molar refractivity (Wildman–Crippen MR) is 94.0 cm³/mol. The number of carbonyl (C=O) groups excluding carboxylic acids is 1. The average molecular weight is 371 g/mol. The van der Waals surface area contributed by atoms with Crippen molar-refractivity contribution in [3.8, 4) is 0 Å². The first-order valence-corrected chi connectivity index (χ1v) is 8.49. The van der Waals surface area contributed by atoms with Crippen molar-refractivity contribution in [2.45, 2.75) is 58.7 Å². The highest BCUT2D eigenvalue weighted by atomic mass is 79.9. The molecule has 0 spiro atoms. The summed E-state index contributed by atoms with van der Waals surface area (Å²) in [5, 5.41) is 6.36. The molecule has 1 aromatic rings. The average Bonchev–Trinajstić information content (AvgIpc) is 2.41. The molecular formula is C17H27BrN2O2. The molecule has 0 saturated carbocycles. The van der Waals surface area contributed by atoms with Gasteiger partial charge in [-0.05, 0) is 51.8 Å². The van der Waals surface area contributed by atoms with Crippen LogP contribution < -0.4 is 10.6 Å². The number of rotatable bonds is 6. The molecule has 0 saturated heterocycles. The van der Waals surface area contributed by atoms with E-state index in [1.165, 1.54) is 5.56 Å². The minimum absolute atomic E-state index is 0.196. The third kappa shape index (κ3) is 7.27. The van der Waals surface area contributed by atoms with Gasteiger partial charge in [-0.3, -0.25) is 0 Å². The summed E-state index contributed by atoms with van der Waals surface area (Å²) < 4.78 is 6.32. The molecule has 0 aromatic heterocycles. The van der Waals surface area contributed by atoms with E-state index < -0.39 is 5.60 Å². The van der Waals surface area contributed by atoms with E-state index in [-0.39, 0.29) is 18.2 Å². The first-order chi connectivity index (χ1) is 10.2. The van der Waals surface area contributed by atoms with Crippen molar-refractivity contribution in [1.29, 1.82) is 0 Å². The molecule has 5 heteroatoms. The van der Waals surface area contributed by atoms with Gasteiger partial charge in [-0.1, -0.05) is 35.0 Å². The van der Waals surface area contributed by atoms with E-state index in [1.807, 2.05) is 32.9 Å². The third-order valence-electron chi connectivity index (χ3n) is 3.22. The van der Waals surface area contributed by atoms with Gasteiger partial charge >= 0.3 is 6.09 Å². The SMILES string of the molecule is CCC(CNC(=O)OC(C)(C)C)NC(C)c1cccc(Br)c1. The fraction of sp³-hybridized carbons (Fsp3) is 0.588. The molecule has 0 aliphatic carbocycles. The van der Waals surface area contributed by atoms with Gasteiger partial charge in [0.25, 0.3) is 0 Å². The summed E-state index contributed by atoms with van der Waals surface area (Å²) in [6.07, 6.45) is 0.552. The Balaban J connectivity index is 2.49. The van der Waals surface area contributed by atoms with Crippen molar-refractivity contribution in [2.24, 2.45) is 0 Å². The van der Waals surface area contributed by atoms with Crippen LogP contribution in [0.2, 0.25) is 0 Å². The van der Waals surface area contributed by atoms with Gasteiger partial charge in [-0.15, -0.1) is 0 Å². The van der Waals surface area contributed by atoms with Gasteiger partial charge in [0.1, 0.15) is 5.60 Å². The lowest BCUT2D eigenvalue weighted by Gasteiger charge is -2.24. The Labute approximate surface area is 142 Å². The molecule has 0 radical (unpaired) electrons. The zero-order valence-corrected chi connectivity index (χ0v) is 15.7. The van der Waals surface area contributed by atoms with Crippen LogP contribution in [0.25, 0.3) is 0 Å². The van der Waals surface area contributed by atoms with Gasteiger partial charge in [0.2, 0.25) is 0 Å². The number of ether oxygens (including phenoxy) is 1. The van der Waals surface area contributed by atoms with Gasteiger partial charge in [0.15, 0.2) is 0 Å². The van der Waals surface area contributed by atoms with Gasteiger partial charge in [0.05, 0.1) is 0 Å². The highest BCUT2D eigenvalue weighted by Gasteiger charge is 2.18. The van der Waals surface area contributed by atoms with Crippen molar-refractivity contribution < 1.29 is 9.53 Å². The van der Waals surface area contributed by atoms with Crippen LogP contribution in [0.5, 0.6) is 0 Å². The summed E-state index contributed by atoms with van der Waals surface area (Å²) in [6, 6.07) is 8.64. The zero-order valence-electron chi connectivity index (χ0n) is 14.1. The van der Waals surface area contributed by atoms with E-state index in [2.05, 4.69) is 52.5 Å². The lowest BCUT2D eigenvalue weighted by atomic mass is 10.1. The molecule has 0 heterocycles. The summed E-state index contributed by atoms with van der Waals surface area (Å²) >= 11 is 3.49. The molecule has 0 fully saturated rings. The van der Waals surface area contributed by atoms with Crippen LogP contribution in [0.1, 0.15) is 52.6 Å². The van der Waals surface area contributed by atoms with Crippen molar-refractivity contribution >= 4 is 22.0 Å². The minimum atomic E-state index is -0.469. The number of hydrogen-bond acceptors (Lipinski definition) is 3. The molecule has 2 atom stereocenters. The summed E-state index contributed by atoms with van der Waals surface area (Å²) in [5.74, 6) is 0. The van der Waals surface area contributed by atoms with Gasteiger partial charge in [-0.2, -0.15) is 0 Å². The van der Waals surface area contributed by atoms with E-state index in [0.29, 0.717) is 6.54 Å². The second-order valence-corrected chi connectivity index (χ2v) is 7.35. The molecule has 1 rings (SSSR count). The highest BCUT2D eigenvalue weighted by Crippen LogP contribution is 2.18. The molecule has 2 unspecified atom stereocenters. The van der Waals surface area contributed by atoms with Crippen LogP contribution in [0.15, 0.2) is 28.7 Å². The van der Waals surface area contributed by atoms with Crippen molar-refractivity contribution in [1.82, 2.24) is 10.6 Å². The topological polar surface area (TPSA) is 50.4 Å². The molecule has 0 aliphatic heterocycles. The Hall–Kier alpha value is -1.07. The van der Waals surface area contributed by atoms with Crippen LogP contribution in [0, 0.1) is 0 Å². The maximum absolute atomic E-state index is 11.7. The summed E-state index contributed by atoms with van der Waals surface area (Å²) in [4.78, 5) is 11.7. The molecule has 1 amide bonds. The quantitative estimate of drug-likeness (QED) is 0.779. The monoisotopic (exact) mass is 370 g/mol. The zero-order chi connectivity index (χ0) is 16.8. The summed E-state index contributed by atoms with van der Waals surface area (Å²) in [5.41, 5.74) is 0.744. The Kier molecular flexibility index (Phi) is 7.36. The fourth-order valence-electron chi connectivity index (χ4n) is 2.07. The van der Waals surface area contributed by atoms with Crippen molar-refractivity contribution in [3.63, 3.8) is 0 Å². The molecule has 124 valence electrons. The summed E-state index contributed by atoms with van der Waals surface area (Å²) in [7, 11) is 0. The van der Waals surface area contributed by atoms with Gasteiger partial charge in [-0.25, -0.2) is 4.79 Å². The molecule has 1 aromatic carbocycles. The first kappa shape index (κ1) is 19.0. The van der Waals surface area contributed by atoms with Crippen LogP contribution in [-0.2, 0) is 4.74 Å². The second-order valence-electron chi connectivity index (χ2n) is 6.43. The van der Waals surface area contributed by atoms with E-state index in [1.54, 1.807) is 0 Å². The number of halogens is 1. The maximum atomic E-state index is 11.7. The van der Waals surface area contributed by atoms with Crippen LogP contribution >= 0.6 is 15.9 Å². The lowest BCUT2D eigenvalue weighted by molar-refractivity contribution is 0.0521. The standard InChI is InChI=1S/C17H27BrN2O2/c1-6-15(11-19-16(21)22-17(3,4)5)20-12(2)13-8-7-9-14(18)10-13/h7-10,12,15,20H,6,11H2,1-5H3,(H,19,21). The number of nitrogens with one attached hydrogen (secondary N) is 2. The largest absolute Gasteiger partial charge is 0.444 e. The number of amides is 1. The molecule has 22 heavy (non-hydrogen) atoms. The van der Waals surface area contributed by atoms with Gasteiger partial charge < -0.3 is 15.4 Å². The molecule has 4 nitrogen and oxygen atoms in total. The van der Waals surface area contributed by atoms with E-state index in [4.69, 9.17) is 4.74 Å². The molecule has 0 bridgehead atoms. The van der Waals surface area contributed by atoms with Crippen LogP contribution in [0.3, 0.4) is 0 Å². The Morgan fingerprint density at radius 1 is 1.36 bits per heavy atom. The first-order valence-electron chi connectivity index (χ1n) is 7.69. The predicted octanol–water partition coefficient (Wildman–Crippen LogP) is 4.40. The van der Waals surface area contributed by atoms with Crippen LogP contribution in [-0.4, -0.2) is 24.3 Å². The van der Waals surface area contributed by atoms with Crippen LogP contribution in [0.4, 0.5) is 4.79 Å². The summed E-state index contributed by atoms with van der Waals surface area (Å²) in [6.45, 7) is 10.3.